The number of hydrogen-bond acceptors (Lipinski definition) is 1. The number of carbonyl (C=O) groups is 1. The number of unbranched alkanes of at least 4 members (excludes halogenated alkanes) is 8. The first-order valence-corrected chi connectivity index (χ1v) is 5.99. The van der Waals surface area contributed by atoms with Crippen LogP contribution >= 0.6 is 0 Å². The zero-order chi connectivity index (χ0) is 10.6. The van der Waals surface area contributed by atoms with Gasteiger partial charge >= 0.3 is 35.5 Å². The second-order valence-corrected chi connectivity index (χ2v) is 3.97. The van der Waals surface area contributed by atoms with Gasteiger partial charge in [-0.05, 0) is 6.42 Å². The number of carboxylic acids is 1. The topological polar surface area (TPSA) is 37.3 Å². The third-order valence-corrected chi connectivity index (χ3v) is 2.49. The van der Waals surface area contributed by atoms with Crippen LogP contribution in [0.25, 0.3) is 0 Å². The van der Waals surface area contributed by atoms with E-state index in [1.807, 2.05) is 0 Å². The summed E-state index contributed by atoms with van der Waals surface area (Å²) in [5.74, 6) is -0.659. The molecule has 0 saturated heterocycles. The molecule has 0 atom stereocenters. The van der Waals surface area contributed by atoms with Crippen LogP contribution in [0.5, 0.6) is 0 Å². The first-order valence-electron chi connectivity index (χ1n) is 5.99. The van der Waals surface area contributed by atoms with Crippen LogP contribution in [0.2, 0.25) is 0 Å². The molecule has 0 aliphatic carbocycles. The molecule has 0 rings (SSSR count). The Labute approximate surface area is 128 Å². The van der Waals surface area contributed by atoms with E-state index in [9.17, 15) is 4.79 Å². The van der Waals surface area contributed by atoms with E-state index in [1.54, 1.807) is 0 Å². The van der Waals surface area contributed by atoms with Gasteiger partial charge in [0.15, 0.2) is 0 Å². The molecule has 0 aromatic carbocycles. The second-order valence-electron chi connectivity index (χ2n) is 3.97. The van der Waals surface area contributed by atoms with Crippen molar-refractivity contribution >= 4 is 5.97 Å². The van der Waals surface area contributed by atoms with Crippen molar-refractivity contribution in [1.29, 1.82) is 0 Å². The van der Waals surface area contributed by atoms with E-state index in [2.05, 4.69) is 6.92 Å². The van der Waals surface area contributed by atoms with Gasteiger partial charge in [-0.2, -0.15) is 0 Å². The predicted octanol–water partition coefficient (Wildman–Crippen LogP) is -2.00. The maximum atomic E-state index is 10.2. The molecule has 0 spiro atoms. The molecule has 0 heterocycles. The van der Waals surface area contributed by atoms with E-state index in [-0.39, 0.29) is 42.0 Å². The van der Waals surface area contributed by atoms with Gasteiger partial charge in [0, 0.05) is 6.42 Å². The minimum Gasteiger partial charge on any atom is -1.00 e. The summed E-state index contributed by atoms with van der Waals surface area (Å²) in [5.41, 5.74) is 0. The predicted molar refractivity (Wildman–Crippen MR) is 59.5 cm³/mol. The quantitative estimate of drug-likeness (QED) is 0.364. The monoisotopic (exact) mass is 258 g/mol. The Bertz CT molecular complexity index is 143. The molecule has 4 heteroatoms. The summed E-state index contributed by atoms with van der Waals surface area (Å²) in [7, 11) is 0. The first-order chi connectivity index (χ1) is 6.77. The van der Waals surface area contributed by atoms with Crippen LogP contribution < -0.4 is 42.0 Å². The van der Waals surface area contributed by atoms with Gasteiger partial charge in [0.25, 0.3) is 0 Å². The van der Waals surface area contributed by atoms with Crippen molar-refractivity contribution in [3.05, 3.63) is 0 Å². The third-order valence-electron chi connectivity index (χ3n) is 2.49. The molecule has 0 saturated carbocycles. The van der Waals surface area contributed by atoms with Crippen molar-refractivity contribution in [3.8, 4) is 0 Å². The molecular formula is C12H24ClNaO2. The Hall–Kier alpha value is 0.760. The minimum atomic E-state index is -0.659. The average Bonchev–Trinajstić information content (AvgIpc) is 2.15. The largest absolute Gasteiger partial charge is 1.00 e. The minimum absolute atomic E-state index is 0. The van der Waals surface area contributed by atoms with Gasteiger partial charge in [0.2, 0.25) is 0 Å². The maximum Gasteiger partial charge on any atom is 1.00 e. The van der Waals surface area contributed by atoms with Crippen molar-refractivity contribution in [2.45, 2.75) is 71.1 Å². The first kappa shape index (κ1) is 22.0. The molecule has 0 bridgehead atoms. The summed E-state index contributed by atoms with van der Waals surface area (Å²) in [4.78, 5) is 10.2. The van der Waals surface area contributed by atoms with Crippen LogP contribution in [0.1, 0.15) is 71.1 Å². The Balaban J connectivity index is -0.000000845. The van der Waals surface area contributed by atoms with Gasteiger partial charge in [0.1, 0.15) is 0 Å². The molecule has 0 aliphatic heterocycles. The summed E-state index contributed by atoms with van der Waals surface area (Å²) < 4.78 is 0. The van der Waals surface area contributed by atoms with Crippen LogP contribution in [-0.4, -0.2) is 11.1 Å². The van der Waals surface area contributed by atoms with Gasteiger partial charge < -0.3 is 17.5 Å². The second kappa shape index (κ2) is 18.1. The standard InChI is InChI=1S/C12H24O2.ClH.Na/c1-2-3-4-5-6-7-8-9-10-11-12(13)14;;/h2-11H2,1H3,(H,13,14);1H;/q;;+1/p-1. The molecule has 16 heavy (non-hydrogen) atoms. The Morgan fingerprint density at radius 2 is 1.25 bits per heavy atom. The average molecular weight is 259 g/mol. The molecule has 0 unspecified atom stereocenters. The van der Waals surface area contributed by atoms with Crippen LogP contribution in [0.3, 0.4) is 0 Å². The Morgan fingerprint density at radius 3 is 1.62 bits per heavy atom. The molecular weight excluding hydrogens is 235 g/mol. The molecule has 0 amide bonds. The SMILES string of the molecule is CCCCCCCCCCCC(=O)O.[Cl-].[Na+]. The van der Waals surface area contributed by atoms with E-state index in [1.165, 1.54) is 44.9 Å². The van der Waals surface area contributed by atoms with E-state index < -0.39 is 5.97 Å². The Kier molecular flexibility index (Phi) is 24.9. The van der Waals surface area contributed by atoms with Crippen molar-refractivity contribution in [2.75, 3.05) is 0 Å². The number of carboxylic acid groups (broad SMARTS) is 1. The van der Waals surface area contributed by atoms with Crippen molar-refractivity contribution in [2.24, 2.45) is 0 Å². The molecule has 1 N–H and O–H groups in total. The fourth-order valence-electron chi connectivity index (χ4n) is 1.59. The van der Waals surface area contributed by atoms with Crippen molar-refractivity contribution < 1.29 is 51.9 Å². The molecule has 0 radical (unpaired) electrons. The maximum absolute atomic E-state index is 10.2. The fourth-order valence-corrected chi connectivity index (χ4v) is 1.59. The number of hydrogen-bond donors (Lipinski definition) is 1. The molecule has 0 fully saturated rings. The zero-order valence-electron chi connectivity index (χ0n) is 10.8. The van der Waals surface area contributed by atoms with E-state index in [4.69, 9.17) is 5.11 Å². The number of rotatable bonds is 10. The summed E-state index contributed by atoms with van der Waals surface area (Å²) >= 11 is 0. The Morgan fingerprint density at radius 1 is 0.875 bits per heavy atom. The zero-order valence-corrected chi connectivity index (χ0v) is 13.6. The van der Waals surface area contributed by atoms with Crippen LogP contribution in [0, 0.1) is 0 Å². The molecule has 0 aromatic heterocycles. The van der Waals surface area contributed by atoms with Crippen molar-refractivity contribution in [1.82, 2.24) is 0 Å². The van der Waals surface area contributed by atoms with E-state index in [0.717, 1.165) is 12.8 Å². The van der Waals surface area contributed by atoms with Crippen LogP contribution in [-0.2, 0) is 4.79 Å². The van der Waals surface area contributed by atoms with E-state index >= 15 is 0 Å². The summed E-state index contributed by atoms with van der Waals surface area (Å²) in [5, 5.41) is 8.41. The molecule has 2 nitrogen and oxygen atoms in total. The van der Waals surface area contributed by atoms with Gasteiger partial charge in [-0.25, -0.2) is 0 Å². The summed E-state index contributed by atoms with van der Waals surface area (Å²) in [6.45, 7) is 2.23. The summed E-state index contributed by atoms with van der Waals surface area (Å²) in [6.07, 6.45) is 11.5. The molecule has 0 aromatic rings. The summed E-state index contributed by atoms with van der Waals surface area (Å²) in [6, 6.07) is 0. The number of aliphatic carboxylic acids is 1. The van der Waals surface area contributed by atoms with Gasteiger partial charge in [-0.3, -0.25) is 4.79 Å². The van der Waals surface area contributed by atoms with Crippen molar-refractivity contribution in [3.63, 3.8) is 0 Å². The van der Waals surface area contributed by atoms with Crippen LogP contribution in [0.4, 0.5) is 0 Å². The van der Waals surface area contributed by atoms with Gasteiger partial charge in [-0.15, -0.1) is 0 Å². The fraction of sp³-hybridized carbons (Fsp3) is 0.917. The molecule has 0 aliphatic rings. The smallest absolute Gasteiger partial charge is 1.00 e. The normalized spacial score (nSPS) is 9.06. The van der Waals surface area contributed by atoms with E-state index in [0.29, 0.717) is 6.42 Å². The number of halogens is 1. The van der Waals surface area contributed by atoms with Gasteiger partial charge in [-0.1, -0.05) is 58.3 Å². The van der Waals surface area contributed by atoms with Gasteiger partial charge in [0.05, 0.1) is 0 Å². The molecule has 92 valence electrons. The van der Waals surface area contributed by atoms with Crippen LogP contribution in [0.15, 0.2) is 0 Å². The third kappa shape index (κ3) is 20.2.